The summed E-state index contributed by atoms with van der Waals surface area (Å²) in [6.45, 7) is 0.154. The predicted molar refractivity (Wildman–Crippen MR) is 53.2 cm³/mol. The third-order valence-electron chi connectivity index (χ3n) is 3.22. The molecular weight excluding hydrogens is 212 g/mol. The molecule has 2 atom stereocenters. The lowest BCUT2D eigenvalue weighted by molar-refractivity contribution is -0.149. The quantitative estimate of drug-likeness (QED) is 0.654. The Kier molecular flexibility index (Phi) is 2.57. The average molecular weight is 226 g/mol. The number of hydrogen-bond donors (Lipinski definition) is 2. The van der Waals surface area contributed by atoms with Crippen LogP contribution in [0.5, 0.6) is 0 Å². The summed E-state index contributed by atoms with van der Waals surface area (Å²) >= 11 is 0. The molecule has 16 heavy (non-hydrogen) atoms. The van der Waals surface area contributed by atoms with Crippen LogP contribution in [-0.4, -0.2) is 40.4 Å². The van der Waals surface area contributed by atoms with Crippen LogP contribution >= 0.6 is 0 Å². The van der Waals surface area contributed by atoms with E-state index in [9.17, 15) is 14.4 Å². The van der Waals surface area contributed by atoms with Gasteiger partial charge in [0.2, 0.25) is 11.8 Å². The van der Waals surface area contributed by atoms with Gasteiger partial charge in [-0.15, -0.1) is 0 Å². The van der Waals surface area contributed by atoms with E-state index in [0.717, 1.165) is 12.8 Å². The molecule has 2 rings (SSSR count). The van der Waals surface area contributed by atoms with Crippen LogP contribution in [0, 0.1) is 11.8 Å². The van der Waals surface area contributed by atoms with Gasteiger partial charge in [0.05, 0.1) is 5.92 Å². The highest BCUT2D eigenvalue weighted by Crippen LogP contribution is 2.37. The molecule has 6 heteroatoms. The smallest absolute Gasteiger partial charge is 0.326 e. The van der Waals surface area contributed by atoms with Gasteiger partial charge in [-0.25, -0.2) is 4.79 Å². The van der Waals surface area contributed by atoms with Crippen LogP contribution in [-0.2, 0) is 14.4 Å². The third-order valence-corrected chi connectivity index (χ3v) is 3.22. The number of nitrogens with two attached hydrogens (primary N) is 1. The molecule has 0 aromatic carbocycles. The minimum atomic E-state index is -0.985. The predicted octanol–water partition coefficient (Wildman–Crippen LogP) is -0.817. The van der Waals surface area contributed by atoms with Gasteiger partial charge in [0, 0.05) is 13.0 Å². The normalized spacial score (nSPS) is 26.9. The van der Waals surface area contributed by atoms with Crippen molar-refractivity contribution < 1.29 is 19.5 Å². The second-order valence-corrected chi connectivity index (χ2v) is 4.47. The van der Waals surface area contributed by atoms with Gasteiger partial charge in [0.25, 0.3) is 0 Å². The largest absolute Gasteiger partial charge is 0.480 e. The van der Waals surface area contributed by atoms with Crippen molar-refractivity contribution in [3.05, 3.63) is 0 Å². The molecule has 0 aromatic heterocycles. The van der Waals surface area contributed by atoms with Crippen molar-refractivity contribution in [2.24, 2.45) is 17.6 Å². The van der Waals surface area contributed by atoms with Crippen molar-refractivity contribution in [2.75, 3.05) is 6.54 Å². The molecule has 1 saturated carbocycles. The van der Waals surface area contributed by atoms with Gasteiger partial charge in [-0.3, -0.25) is 9.59 Å². The summed E-state index contributed by atoms with van der Waals surface area (Å²) in [5.41, 5.74) is 5.12. The van der Waals surface area contributed by atoms with Gasteiger partial charge >= 0.3 is 5.97 Å². The molecule has 88 valence electrons. The van der Waals surface area contributed by atoms with Crippen molar-refractivity contribution in [3.8, 4) is 0 Å². The molecule has 0 bridgehead atoms. The first-order valence-corrected chi connectivity index (χ1v) is 5.32. The zero-order chi connectivity index (χ0) is 11.9. The third kappa shape index (κ3) is 1.87. The van der Waals surface area contributed by atoms with Gasteiger partial charge in [0.15, 0.2) is 0 Å². The number of carbonyl (C=O) groups is 3. The van der Waals surface area contributed by atoms with Gasteiger partial charge in [-0.05, 0) is 18.8 Å². The van der Waals surface area contributed by atoms with E-state index in [-0.39, 0.29) is 24.8 Å². The highest BCUT2D eigenvalue weighted by atomic mass is 16.4. The lowest BCUT2D eigenvalue weighted by Crippen LogP contribution is -2.44. The Morgan fingerprint density at radius 2 is 2.06 bits per heavy atom. The number of aliphatic carboxylic acids is 1. The van der Waals surface area contributed by atoms with Gasteiger partial charge in [-0.2, -0.15) is 0 Å². The fraction of sp³-hybridized carbons (Fsp3) is 0.700. The summed E-state index contributed by atoms with van der Waals surface area (Å²) in [5.74, 6) is -2.28. The van der Waals surface area contributed by atoms with Crippen LogP contribution in [0.2, 0.25) is 0 Å². The van der Waals surface area contributed by atoms with E-state index in [2.05, 4.69) is 0 Å². The second kappa shape index (κ2) is 3.77. The molecule has 0 aromatic rings. The molecular formula is C10H14N2O4. The zero-order valence-corrected chi connectivity index (χ0v) is 8.76. The Morgan fingerprint density at radius 3 is 2.44 bits per heavy atom. The molecule has 2 amide bonds. The zero-order valence-electron chi connectivity index (χ0n) is 8.76. The summed E-state index contributed by atoms with van der Waals surface area (Å²) in [5, 5.41) is 9.08. The molecule has 2 aliphatic rings. The first kappa shape index (κ1) is 10.9. The number of carboxylic acids is 1. The Labute approximate surface area is 92.4 Å². The molecule has 1 aliphatic carbocycles. The van der Waals surface area contributed by atoms with Crippen molar-refractivity contribution in [3.63, 3.8) is 0 Å². The lowest BCUT2D eigenvalue weighted by atomic mass is 10.1. The molecule has 1 aliphatic heterocycles. The number of rotatable bonds is 4. The van der Waals surface area contributed by atoms with E-state index >= 15 is 0 Å². The molecule has 0 radical (unpaired) electrons. The van der Waals surface area contributed by atoms with Gasteiger partial charge in [-0.1, -0.05) is 0 Å². The topological polar surface area (TPSA) is 101 Å². The molecule has 2 fully saturated rings. The lowest BCUT2D eigenvalue weighted by Gasteiger charge is -2.24. The number of hydrogen-bond acceptors (Lipinski definition) is 3. The maximum absolute atomic E-state index is 11.6. The van der Waals surface area contributed by atoms with Crippen molar-refractivity contribution in [1.82, 2.24) is 4.90 Å². The Morgan fingerprint density at radius 1 is 1.44 bits per heavy atom. The average Bonchev–Trinajstić information content (AvgIpc) is 2.91. The number of likely N-dealkylation sites (tertiary alicyclic amines) is 1. The first-order valence-electron chi connectivity index (χ1n) is 5.32. The maximum Gasteiger partial charge on any atom is 0.326 e. The van der Waals surface area contributed by atoms with Crippen molar-refractivity contribution in [2.45, 2.75) is 25.3 Å². The standard InChI is InChI=1S/C10H14N2O4/c11-9(14)6-3-7(13)12(4-6)8(10(15)16)5-1-2-5/h5-6,8H,1-4H2,(H2,11,14)(H,15,16). The van der Waals surface area contributed by atoms with E-state index in [1.807, 2.05) is 0 Å². The SMILES string of the molecule is NC(=O)C1CC(=O)N(C(C(=O)O)C2CC2)C1. The van der Waals surface area contributed by atoms with Crippen LogP contribution in [0.25, 0.3) is 0 Å². The number of carboxylic acid groups (broad SMARTS) is 1. The van der Waals surface area contributed by atoms with Crippen molar-refractivity contribution >= 4 is 17.8 Å². The number of primary amides is 1. The van der Waals surface area contributed by atoms with Gasteiger partial charge in [0.1, 0.15) is 6.04 Å². The monoisotopic (exact) mass is 226 g/mol. The minimum Gasteiger partial charge on any atom is -0.480 e. The Hall–Kier alpha value is -1.59. The molecule has 0 spiro atoms. The summed E-state index contributed by atoms with van der Waals surface area (Å²) in [4.78, 5) is 35.0. The maximum atomic E-state index is 11.6. The van der Waals surface area contributed by atoms with E-state index in [4.69, 9.17) is 10.8 Å². The van der Waals surface area contributed by atoms with Crippen LogP contribution in [0.4, 0.5) is 0 Å². The highest BCUT2D eigenvalue weighted by molar-refractivity contribution is 5.91. The first-order chi connectivity index (χ1) is 7.50. The molecule has 1 heterocycles. The van der Waals surface area contributed by atoms with Crippen LogP contribution < -0.4 is 5.73 Å². The van der Waals surface area contributed by atoms with Crippen LogP contribution in [0.1, 0.15) is 19.3 Å². The molecule has 2 unspecified atom stereocenters. The second-order valence-electron chi connectivity index (χ2n) is 4.47. The number of amides is 2. The van der Waals surface area contributed by atoms with E-state index in [1.54, 1.807) is 0 Å². The Balaban J connectivity index is 2.11. The van der Waals surface area contributed by atoms with Crippen molar-refractivity contribution in [1.29, 1.82) is 0 Å². The van der Waals surface area contributed by atoms with Crippen LogP contribution in [0.3, 0.4) is 0 Å². The number of carbonyl (C=O) groups excluding carboxylic acids is 2. The van der Waals surface area contributed by atoms with E-state index < -0.39 is 23.8 Å². The summed E-state index contributed by atoms with van der Waals surface area (Å²) < 4.78 is 0. The Bertz CT molecular complexity index is 351. The van der Waals surface area contributed by atoms with E-state index in [1.165, 1.54) is 4.90 Å². The van der Waals surface area contributed by atoms with Gasteiger partial charge < -0.3 is 15.7 Å². The molecule has 1 saturated heterocycles. The fourth-order valence-corrected chi connectivity index (χ4v) is 2.19. The summed E-state index contributed by atoms with van der Waals surface area (Å²) in [6, 6.07) is -0.767. The molecule has 6 nitrogen and oxygen atoms in total. The van der Waals surface area contributed by atoms with Crippen LogP contribution in [0.15, 0.2) is 0 Å². The number of nitrogens with zero attached hydrogens (tertiary/aromatic N) is 1. The fourth-order valence-electron chi connectivity index (χ4n) is 2.19. The summed E-state index contributed by atoms with van der Waals surface area (Å²) in [6.07, 6.45) is 1.72. The van der Waals surface area contributed by atoms with E-state index in [0.29, 0.717) is 0 Å². The summed E-state index contributed by atoms with van der Waals surface area (Å²) in [7, 11) is 0. The highest BCUT2D eigenvalue weighted by Gasteiger charge is 2.46. The molecule has 3 N–H and O–H groups in total. The minimum absolute atomic E-state index is 0.0475.